The van der Waals surface area contributed by atoms with Gasteiger partial charge in [0.25, 0.3) is 0 Å². The number of hydrogen-bond donors (Lipinski definition) is 2. The molecule has 0 aliphatic carbocycles. The summed E-state index contributed by atoms with van der Waals surface area (Å²) in [5.41, 5.74) is 0.206. The molecule has 0 aliphatic rings. The largest absolute Gasteiger partial charge is 0.394 e. The van der Waals surface area contributed by atoms with Crippen LogP contribution in [0.3, 0.4) is 0 Å². The zero-order chi connectivity index (χ0) is 22.5. The van der Waals surface area contributed by atoms with E-state index in [1.54, 1.807) is 6.92 Å². The number of nitrogens with zero attached hydrogens (tertiary/aromatic N) is 1. The molecule has 2 N–H and O–H groups in total. The van der Waals surface area contributed by atoms with E-state index in [0.29, 0.717) is 12.8 Å². The van der Waals surface area contributed by atoms with Crippen molar-refractivity contribution in [3.63, 3.8) is 0 Å². The van der Waals surface area contributed by atoms with Crippen LogP contribution in [-0.4, -0.2) is 23.7 Å². The summed E-state index contributed by atoms with van der Waals surface area (Å²) in [6.07, 6.45) is 26.5. The summed E-state index contributed by atoms with van der Waals surface area (Å²) in [5.74, 6) is 0.00522. The number of carbonyl (C=O) groups excluding carboxylic acids is 1. The molecule has 0 aliphatic heterocycles. The summed E-state index contributed by atoms with van der Waals surface area (Å²) in [6.45, 7) is 6.27. The molecule has 0 aromatic rings. The van der Waals surface area contributed by atoms with Crippen molar-refractivity contribution in [2.75, 3.05) is 6.61 Å². The van der Waals surface area contributed by atoms with Crippen molar-refractivity contribution in [1.82, 2.24) is 5.32 Å². The average molecular weight is 415 g/mol. The van der Waals surface area contributed by atoms with Crippen LogP contribution in [0.1, 0.15) is 85.0 Å². The highest BCUT2D eigenvalue weighted by atomic mass is 16.3. The van der Waals surface area contributed by atoms with Gasteiger partial charge in [-0.2, -0.15) is 5.26 Å². The van der Waals surface area contributed by atoms with Gasteiger partial charge in [-0.25, -0.2) is 0 Å². The zero-order valence-corrected chi connectivity index (χ0v) is 19.3. The summed E-state index contributed by atoms with van der Waals surface area (Å²) in [5, 5.41) is 20.2. The maximum absolute atomic E-state index is 11.5. The van der Waals surface area contributed by atoms with Crippen molar-refractivity contribution in [2.24, 2.45) is 5.41 Å². The summed E-state index contributed by atoms with van der Waals surface area (Å²) in [4.78, 5) is 11.5. The summed E-state index contributed by atoms with van der Waals surface area (Å²) in [6, 6.07) is 2.04. The van der Waals surface area contributed by atoms with Crippen molar-refractivity contribution in [2.45, 2.75) is 91.0 Å². The Hall–Kier alpha value is -2.12. The molecule has 0 aromatic heterocycles. The van der Waals surface area contributed by atoms with Crippen molar-refractivity contribution >= 4 is 5.91 Å². The van der Waals surface area contributed by atoms with Crippen LogP contribution in [0.2, 0.25) is 0 Å². The second kappa shape index (κ2) is 18.9. The molecule has 0 heterocycles. The van der Waals surface area contributed by atoms with Crippen LogP contribution in [0.25, 0.3) is 0 Å². The smallest absolute Gasteiger partial charge is 0.220 e. The van der Waals surface area contributed by atoms with Crippen LogP contribution in [0.4, 0.5) is 0 Å². The third-order valence-electron chi connectivity index (χ3n) is 4.70. The average Bonchev–Trinajstić information content (AvgIpc) is 2.71. The number of nitrogens with one attached hydrogen (secondary N) is 1. The van der Waals surface area contributed by atoms with Gasteiger partial charge in [0.2, 0.25) is 5.91 Å². The van der Waals surface area contributed by atoms with Crippen molar-refractivity contribution in [1.29, 1.82) is 5.26 Å². The molecule has 0 saturated heterocycles. The van der Waals surface area contributed by atoms with Gasteiger partial charge in [-0.05, 0) is 57.3 Å². The van der Waals surface area contributed by atoms with Crippen LogP contribution < -0.4 is 5.32 Å². The topological polar surface area (TPSA) is 73.1 Å². The molecule has 0 aromatic carbocycles. The van der Waals surface area contributed by atoms with Crippen LogP contribution in [0.15, 0.2) is 48.6 Å². The van der Waals surface area contributed by atoms with Gasteiger partial charge in [0.15, 0.2) is 0 Å². The van der Waals surface area contributed by atoms with E-state index >= 15 is 0 Å². The second-order valence-corrected chi connectivity index (χ2v) is 8.42. The highest BCUT2D eigenvalue weighted by molar-refractivity contribution is 5.76. The number of hydrogen-bond acceptors (Lipinski definition) is 3. The van der Waals surface area contributed by atoms with Gasteiger partial charge >= 0.3 is 0 Å². The number of unbranched alkanes of at least 4 members (excludes halogenated alkanes) is 3. The number of nitriles is 1. The first-order valence-electron chi connectivity index (χ1n) is 11.3. The van der Waals surface area contributed by atoms with E-state index in [-0.39, 0.29) is 24.0 Å². The number of amides is 1. The predicted octanol–water partition coefficient (Wildman–Crippen LogP) is 6.16. The molecule has 1 atom stereocenters. The first kappa shape index (κ1) is 27.9. The van der Waals surface area contributed by atoms with E-state index in [1.807, 2.05) is 0 Å². The third kappa shape index (κ3) is 19.2. The Morgan fingerprint density at radius 2 is 1.60 bits per heavy atom. The van der Waals surface area contributed by atoms with Gasteiger partial charge in [-0.15, -0.1) is 0 Å². The number of carbonyl (C=O) groups is 1. The lowest BCUT2D eigenvalue weighted by Gasteiger charge is -2.19. The number of rotatable bonds is 17. The Labute approximate surface area is 184 Å². The van der Waals surface area contributed by atoms with Crippen molar-refractivity contribution in [3.8, 4) is 6.07 Å². The standard InChI is InChI=1S/C26H42N2O2/c1-24(23-29)28-25(30)19-15-12-10-8-6-4-5-7-9-11-13-16-20-26(2,3)21-17-14-18-22-27/h4-5,8-11,16,20,24,29H,6-7,12-15,17-19,21,23H2,1-3H3,(H,28,30)/b5-4-,10-8-,11-9-,20-16-/t24-/m1/s1. The fourth-order valence-electron chi connectivity index (χ4n) is 2.86. The quantitative estimate of drug-likeness (QED) is 0.221. The molecule has 168 valence electrons. The number of aliphatic hydroxyl groups is 1. The van der Waals surface area contributed by atoms with Crippen molar-refractivity contribution in [3.05, 3.63) is 48.6 Å². The Kier molecular flexibility index (Phi) is 17.5. The lowest BCUT2D eigenvalue weighted by Crippen LogP contribution is -2.34. The molecule has 0 fully saturated rings. The molecule has 0 unspecified atom stereocenters. The fourth-order valence-corrected chi connectivity index (χ4v) is 2.86. The molecular formula is C26H42N2O2. The molecule has 0 radical (unpaired) electrons. The number of aliphatic hydroxyl groups excluding tert-OH is 1. The Bertz CT molecular complexity index is 595. The van der Waals surface area contributed by atoms with Gasteiger partial charge in [0.05, 0.1) is 12.7 Å². The van der Waals surface area contributed by atoms with E-state index in [2.05, 4.69) is 73.8 Å². The molecule has 1 amide bonds. The Morgan fingerprint density at radius 1 is 1.00 bits per heavy atom. The van der Waals surface area contributed by atoms with E-state index in [1.165, 1.54) is 0 Å². The minimum atomic E-state index is -0.166. The fraction of sp³-hybridized carbons (Fsp3) is 0.615. The van der Waals surface area contributed by atoms with Crippen LogP contribution >= 0.6 is 0 Å². The summed E-state index contributed by atoms with van der Waals surface area (Å²) < 4.78 is 0. The normalized spacial score (nSPS) is 13.6. The van der Waals surface area contributed by atoms with E-state index in [0.717, 1.165) is 51.4 Å². The first-order chi connectivity index (χ1) is 14.4. The molecule has 0 spiro atoms. The van der Waals surface area contributed by atoms with Crippen LogP contribution in [0.5, 0.6) is 0 Å². The van der Waals surface area contributed by atoms with Gasteiger partial charge in [-0.1, -0.05) is 68.9 Å². The predicted molar refractivity (Wildman–Crippen MR) is 127 cm³/mol. The molecule has 0 saturated carbocycles. The Morgan fingerprint density at radius 3 is 2.20 bits per heavy atom. The van der Waals surface area contributed by atoms with E-state index < -0.39 is 0 Å². The first-order valence-corrected chi connectivity index (χ1v) is 11.3. The van der Waals surface area contributed by atoms with E-state index in [9.17, 15) is 4.79 Å². The third-order valence-corrected chi connectivity index (χ3v) is 4.70. The highest BCUT2D eigenvalue weighted by Crippen LogP contribution is 2.25. The van der Waals surface area contributed by atoms with Crippen LogP contribution in [-0.2, 0) is 4.79 Å². The Balaban J connectivity index is 3.73. The minimum absolute atomic E-state index is 0.00522. The molecule has 4 nitrogen and oxygen atoms in total. The maximum Gasteiger partial charge on any atom is 0.220 e. The summed E-state index contributed by atoms with van der Waals surface area (Å²) in [7, 11) is 0. The number of allylic oxidation sites excluding steroid dienone is 8. The lowest BCUT2D eigenvalue weighted by atomic mass is 9.86. The summed E-state index contributed by atoms with van der Waals surface area (Å²) >= 11 is 0. The van der Waals surface area contributed by atoms with E-state index in [4.69, 9.17) is 10.4 Å². The molecule has 30 heavy (non-hydrogen) atoms. The SMILES string of the molecule is C[C@H](CO)NC(=O)CCC/C=C\C/C=C\C/C=C\C/C=C\C(C)(C)CCCCC#N. The van der Waals surface area contributed by atoms with Gasteiger partial charge in [0.1, 0.15) is 0 Å². The monoisotopic (exact) mass is 414 g/mol. The molecular weight excluding hydrogens is 372 g/mol. The molecule has 0 bridgehead atoms. The lowest BCUT2D eigenvalue weighted by molar-refractivity contribution is -0.122. The second-order valence-electron chi connectivity index (χ2n) is 8.42. The minimum Gasteiger partial charge on any atom is -0.394 e. The van der Waals surface area contributed by atoms with Crippen LogP contribution in [0, 0.1) is 16.7 Å². The molecule has 4 heteroatoms. The van der Waals surface area contributed by atoms with Gasteiger partial charge < -0.3 is 10.4 Å². The highest BCUT2D eigenvalue weighted by Gasteiger charge is 2.12. The zero-order valence-electron chi connectivity index (χ0n) is 19.3. The van der Waals surface area contributed by atoms with Gasteiger partial charge in [-0.3, -0.25) is 4.79 Å². The van der Waals surface area contributed by atoms with Gasteiger partial charge in [0, 0.05) is 18.9 Å². The maximum atomic E-state index is 11.5. The van der Waals surface area contributed by atoms with Crippen molar-refractivity contribution < 1.29 is 9.90 Å². The molecule has 0 rings (SSSR count).